The van der Waals surface area contributed by atoms with Crippen LogP contribution in [0.1, 0.15) is 69.6 Å². The fourth-order valence-electron chi connectivity index (χ4n) is 5.19. The Morgan fingerprint density at radius 1 is 1.18 bits per heavy atom. The fourth-order valence-corrected chi connectivity index (χ4v) is 5.19. The number of aryl methyl sites for hydroxylation is 1. The topological polar surface area (TPSA) is 80.5 Å². The van der Waals surface area contributed by atoms with Crippen LogP contribution in [0.15, 0.2) is 47.7 Å². The second-order valence-corrected chi connectivity index (χ2v) is 11.5. The summed E-state index contributed by atoms with van der Waals surface area (Å²) in [4.78, 5) is 16.5. The van der Waals surface area contributed by atoms with Crippen LogP contribution < -0.4 is 10.9 Å². The number of hydrogen-bond donors (Lipinski definition) is 2. The van der Waals surface area contributed by atoms with Crippen molar-refractivity contribution in [2.24, 2.45) is 12.5 Å². The summed E-state index contributed by atoms with van der Waals surface area (Å²) in [6.45, 7) is 8.60. The molecule has 10 heteroatoms. The lowest BCUT2D eigenvalue weighted by Gasteiger charge is -2.41. The number of H-pyrrole nitrogens is 1. The van der Waals surface area contributed by atoms with Crippen molar-refractivity contribution < 1.29 is 13.2 Å². The van der Waals surface area contributed by atoms with Gasteiger partial charge in [-0.15, -0.1) is 10.2 Å². The molecule has 0 saturated heterocycles. The van der Waals surface area contributed by atoms with Crippen LogP contribution in [0, 0.1) is 5.41 Å². The zero-order chi connectivity index (χ0) is 27.5. The van der Waals surface area contributed by atoms with E-state index in [1.807, 2.05) is 24.6 Å². The second kappa shape index (κ2) is 9.11. The second-order valence-electron chi connectivity index (χ2n) is 11.5. The summed E-state index contributed by atoms with van der Waals surface area (Å²) < 4.78 is 45.6. The van der Waals surface area contributed by atoms with Crippen LogP contribution in [0.2, 0.25) is 0 Å². The highest BCUT2D eigenvalue weighted by Gasteiger charge is 2.44. The minimum Gasteiger partial charge on any atom is -0.353 e. The Kier molecular flexibility index (Phi) is 6.29. The average Bonchev–Trinajstić information content (AvgIpc) is 3.43. The lowest BCUT2D eigenvalue weighted by Crippen LogP contribution is -2.38. The van der Waals surface area contributed by atoms with Crippen LogP contribution in [-0.4, -0.2) is 30.4 Å². The first-order chi connectivity index (χ1) is 17.8. The smallest absolute Gasteiger partial charge is 0.353 e. The number of aromatic amines is 1. The molecule has 5 rings (SSSR count). The van der Waals surface area contributed by atoms with E-state index in [0.717, 1.165) is 41.4 Å². The first-order valence-corrected chi connectivity index (χ1v) is 12.8. The van der Waals surface area contributed by atoms with E-state index in [1.165, 1.54) is 6.07 Å². The maximum atomic E-state index is 14.2. The number of nitrogens with one attached hydrogen (secondary N) is 2. The van der Waals surface area contributed by atoms with Crippen molar-refractivity contribution in [2.75, 3.05) is 0 Å². The molecule has 0 amide bonds. The molecular weight excluding hydrogens is 493 g/mol. The Hall–Kier alpha value is -3.40. The molecule has 4 aromatic rings. The van der Waals surface area contributed by atoms with Crippen molar-refractivity contribution >= 4 is 10.9 Å². The SMILES string of the molecule is C[C@H](NCc1cc2c(C(F)(F)F)cn(-c3cccc(C4(c5nncn5C)CCC4)c3)c(=O)c2[nH]1)C(C)(C)C. The Balaban J connectivity index is 1.60. The van der Waals surface area contributed by atoms with Gasteiger partial charge in [0.25, 0.3) is 5.56 Å². The molecule has 2 N–H and O–H groups in total. The van der Waals surface area contributed by atoms with Crippen LogP contribution in [0.25, 0.3) is 16.6 Å². The van der Waals surface area contributed by atoms with Gasteiger partial charge >= 0.3 is 6.18 Å². The standard InChI is InChI=1S/C28H33F3N6O/c1-17(26(2,3)4)32-14-19-13-21-22(28(29,30)31)15-37(24(38)23(21)34-19)20-9-6-8-18(12-20)27(10-7-11-27)25-35-33-16-36(25)5/h6,8-9,12-13,15-17,32,34H,7,10-11,14H2,1-5H3/t17-/m0/s1. The molecule has 0 bridgehead atoms. The molecule has 0 spiro atoms. The summed E-state index contributed by atoms with van der Waals surface area (Å²) in [5, 5.41) is 11.6. The zero-order valence-corrected chi connectivity index (χ0v) is 22.3. The van der Waals surface area contributed by atoms with E-state index < -0.39 is 17.3 Å². The van der Waals surface area contributed by atoms with Crippen molar-refractivity contribution in [3.8, 4) is 5.69 Å². The van der Waals surface area contributed by atoms with Crippen LogP contribution in [0.4, 0.5) is 13.2 Å². The summed E-state index contributed by atoms with van der Waals surface area (Å²) >= 11 is 0. The van der Waals surface area contributed by atoms with Crippen molar-refractivity contribution in [3.05, 3.63) is 75.9 Å². The fraction of sp³-hybridized carbons (Fsp3) is 0.464. The van der Waals surface area contributed by atoms with Gasteiger partial charge in [-0.05, 0) is 48.9 Å². The summed E-state index contributed by atoms with van der Waals surface area (Å²) in [5.74, 6) is 0.811. The highest BCUT2D eigenvalue weighted by molar-refractivity contribution is 5.84. The lowest BCUT2D eigenvalue weighted by molar-refractivity contribution is -0.136. The minimum absolute atomic E-state index is 0.0241. The maximum Gasteiger partial charge on any atom is 0.418 e. The lowest BCUT2D eigenvalue weighted by atomic mass is 9.63. The molecule has 1 fully saturated rings. The number of alkyl halides is 3. The minimum atomic E-state index is -4.63. The van der Waals surface area contributed by atoms with Crippen LogP contribution >= 0.6 is 0 Å². The van der Waals surface area contributed by atoms with Gasteiger partial charge < -0.3 is 14.9 Å². The van der Waals surface area contributed by atoms with E-state index in [0.29, 0.717) is 17.9 Å². The highest BCUT2D eigenvalue weighted by Crippen LogP contribution is 2.48. The molecule has 1 aliphatic rings. The molecule has 1 atom stereocenters. The van der Waals surface area contributed by atoms with Crippen molar-refractivity contribution in [3.63, 3.8) is 0 Å². The van der Waals surface area contributed by atoms with Gasteiger partial charge in [0, 0.05) is 42.6 Å². The molecule has 7 nitrogen and oxygen atoms in total. The normalized spacial score (nSPS) is 16.5. The van der Waals surface area contributed by atoms with Gasteiger partial charge in [-0.3, -0.25) is 9.36 Å². The molecule has 38 heavy (non-hydrogen) atoms. The largest absolute Gasteiger partial charge is 0.418 e. The maximum absolute atomic E-state index is 14.2. The summed E-state index contributed by atoms with van der Waals surface area (Å²) in [7, 11) is 1.88. The summed E-state index contributed by atoms with van der Waals surface area (Å²) in [6, 6.07) is 8.74. The Morgan fingerprint density at radius 3 is 2.50 bits per heavy atom. The third-order valence-corrected chi connectivity index (χ3v) is 8.08. The van der Waals surface area contributed by atoms with Gasteiger partial charge in [0.15, 0.2) is 0 Å². The molecule has 0 radical (unpaired) electrons. The number of pyridine rings is 1. The third kappa shape index (κ3) is 4.44. The molecule has 1 saturated carbocycles. The predicted molar refractivity (Wildman–Crippen MR) is 140 cm³/mol. The number of fused-ring (bicyclic) bond motifs is 1. The Labute approximate surface area is 219 Å². The van der Waals surface area contributed by atoms with Gasteiger partial charge in [0.2, 0.25) is 0 Å². The van der Waals surface area contributed by atoms with Crippen LogP contribution in [0.5, 0.6) is 0 Å². The average molecular weight is 527 g/mol. The Bertz CT molecular complexity index is 1530. The van der Waals surface area contributed by atoms with Crippen molar-refractivity contribution in [2.45, 2.75) is 71.1 Å². The van der Waals surface area contributed by atoms with E-state index in [2.05, 4.69) is 41.3 Å². The van der Waals surface area contributed by atoms with E-state index in [-0.39, 0.29) is 27.8 Å². The van der Waals surface area contributed by atoms with Gasteiger partial charge in [-0.2, -0.15) is 13.2 Å². The summed E-state index contributed by atoms with van der Waals surface area (Å²) in [5.41, 5.74) is -0.0231. The van der Waals surface area contributed by atoms with Gasteiger partial charge in [0.05, 0.1) is 11.0 Å². The van der Waals surface area contributed by atoms with Gasteiger partial charge in [0.1, 0.15) is 17.7 Å². The molecule has 202 valence electrons. The number of aromatic nitrogens is 5. The number of benzene rings is 1. The number of hydrogen-bond acceptors (Lipinski definition) is 4. The van der Waals surface area contributed by atoms with Crippen LogP contribution in [-0.2, 0) is 25.2 Å². The predicted octanol–water partition coefficient (Wildman–Crippen LogP) is 5.46. The first kappa shape index (κ1) is 26.2. The quantitative estimate of drug-likeness (QED) is 0.350. The zero-order valence-electron chi connectivity index (χ0n) is 22.3. The van der Waals surface area contributed by atoms with E-state index in [1.54, 1.807) is 24.5 Å². The number of halogens is 3. The first-order valence-electron chi connectivity index (χ1n) is 12.8. The molecule has 3 heterocycles. The van der Waals surface area contributed by atoms with Crippen molar-refractivity contribution in [1.82, 2.24) is 29.6 Å². The molecule has 3 aromatic heterocycles. The molecule has 0 aliphatic heterocycles. The number of nitrogens with zero attached hydrogens (tertiary/aromatic N) is 4. The highest BCUT2D eigenvalue weighted by atomic mass is 19.4. The molecule has 1 aromatic carbocycles. The number of rotatable bonds is 6. The molecule has 0 unspecified atom stereocenters. The van der Waals surface area contributed by atoms with Gasteiger partial charge in [-0.25, -0.2) is 0 Å². The summed E-state index contributed by atoms with van der Waals surface area (Å²) in [6.07, 6.45) is 0.643. The van der Waals surface area contributed by atoms with E-state index in [4.69, 9.17) is 0 Å². The van der Waals surface area contributed by atoms with E-state index in [9.17, 15) is 18.0 Å². The molecular formula is C28H33F3N6O. The van der Waals surface area contributed by atoms with Gasteiger partial charge in [-0.1, -0.05) is 39.3 Å². The van der Waals surface area contributed by atoms with E-state index >= 15 is 0 Å². The monoisotopic (exact) mass is 526 g/mol. The van der Waals surface area contributed by atoms with Crippen LogP contribution in [0.3, 0.4) is 0 Å². The third-order valence-electron chi connectivity index (χ3n) is 8.08. The molecule has 1 aliphatic carbocycles. The van der Waals surface area contributed by atoms with Crippen molar-refractivity contribution in [1.29, 1.82) is 0 Å². The Morgan fingerprint density at radius 2 is 1.92 bits per heavy atom.